The predicted molar refractivity (Wildman–Crippen MR) is 45.5 cm³/mol. The molecule has 1 heteroatoms. The van der Waals surface area contributed by atoms with Crippen molar-refractivity contribution in [1.29, 1.82) is 0 Å². The Morgan fingerprint density at radius 2 is 1.91 bits per heavy atom. The van der Waals surface area contributed by atoms with Gasteiger partial charge in [-0.25, -0.2) is 0 Å². The van der Waals surface area contributed by atoms with Gasteiger partial charge >= 0.3 is 0 Å². The van der Waals surface area contributed by atoms with Crippen LogP contribution in [0.5, 0.6) is 0 Å². The van der Waals surface area contributed by atoms with Gasteiger partial charge in [0.05, 0.1) is 12.2 Å². The van der Waals surface area contributed by atoms with Crippen LogP contribution >= 0.6 is 0 Å². The summed E-state index contributed by atoms with van der Waals surface area (Å²) in [7, 11) is 0. The Bertz CT molecular complexity index is 128. The Kier molecular flexibility index (Phi) is 1.92. The van der Waals surface area contributed by atoms with Crippen LogP contribution in [0, 0.1) is 11.8 Å². The lowest BCUT2D eigenvalue weighted by Crippen LogP contribution is -2.52. The smallest absolute Gasteiger partial charge is 0.0632 e. The number of hydrogen-bond acceptors (Lipinski definition) is 1. The van der Waals surface area contributed by atoms with E-state index in [4.69, 9.17) is 4.74 Å². The molecule has 2 unspecified atom stereocenters. The summed E-state index contributed by atoms with van der Waals surface area (Å²) in [6, 6.07) is 0. The van der Waals surface area contributed by atoms with Crippen LogP contribution in [0.15, 0.2) is 0 Å². The fraction of sp³-hybridized carbons (Fsp3) is 1.00. The lowest BCUT2D eigenvalue weighted by atomic mass is 9.74. The highest BCUT2D eigenvalue weighted by Gasteiger charge is 2.44. The van der Waals surface area contributed by atoms with Gasteiger partial charge in [0.1, 0.15) is 0 Å². The van der Waals surface area contributed by atoms with Crippen molar-refractivity contribution in [3.63, 3.8) is 0 Å². The molecule has 0 aromatic carbocycles. The van der Waals surface area contributed by atoms with E-state index in [0.29, 0.717) is 12.2 Å². The summed E-state index contributed by atoms with van der Waals surface area (Å²) in [5, 5.41) is 0. The first-order valence-electron chi connectivity index (χ1n) is 4.93. The standard InChI is InChI=1S/C10H18O/c1-7(2)6-8-9-4-3-5-10(8)11-9/h7-10H,3-6H2,1-2H3. The van der Waals surface area contributed by atoms with Crippen LogP contribution in [-0.2, 0) is 4.74 Å². The van der Waals surface area contributed by atoms with E-state index in [1.165, 1.54) is 25.7 Å². The number of fused-ring (bicyclic) bond motifs is 2. The molecule has 2 atom stereocenters. The summed E-state index contributed by atoms with van der Waals surface area (Å²) >= 11 is 0. The quantitative estimate of drug-likeness (QED) is 0.594. The normalized spacial score (nSPS) is 42.3. The summed E-state index contributed by atoms with van der Waals surface area (Å²) in [5.41, 5.74) is 0. The van der Waals surface area contributed by atoms with Crippen molar-refractivity contribution in [2.24, 2.45) is 11.8 Å². The predicted octanol–water partition coefficient (Wildman–Crippen LogP) is 2.60. The molecule has 0 N–H and O–H groups in total. The minimum absolute atomic E-state index is 0.649. The molecule has 0 amide bonds. The van der Waals surface area contributed by atoms with E-state index in [9.17, 15) is 0 Å². The maximum atomic E-state index is 5.69. The summed E-state index contributed by atoms with van der Waals surface area (Å²) in [5.74, 6) is 1.77. The van der Waals surface area contributed by atoms with Crippen molar-refractivity contribution in [3.05, 3.63) is 0 Å². The average molecular weight is 154 g/mol. The average Bonchev–Trinajstić information content (AvgIpc) is 2.01. The van der Waals surface area contributed by atoms with Crippen molar-refractivity contribution in [3.8, 4) is 0 Å². The largest absolute Gasteiger partial charge is 0.374 e. The third kappa shape index (κ3) is 1.31. The molecule has 2 bridgehead atoms. The molecule has 3 aliphatic rings. The van der Waals surface area contributed by atoms with Crippen molar-refractivity contribution in [2.45, 2.75) is 51.7 Å². The Labute approximate surface area is 69.1 Å². The Balaban J connectivity index is 1.86. The van der Waals surface area contributed by atoms with Gasteiger partial charge in [-0.05, 0) is 31.6 Å². The first kappa shape index (κ1) is 7.60. The first-order chi connectivity index (χ1) is 5.27. The molecule has 64 valence electrons. The zero-order valence-corrected chi connectivity index (χ0v) is 7.55. The lowest BCUT2D eigenvalue weighted by molar-refractivity contribution is -0.217. The first-order valence-corrected chi connectivity index (χ1v) is 4.93. The van der Waals surface area contributed by atoms with Crippen LogP contribution < -0.4 is 0 Å². The highest BCUT2D eigenvalue weighted by atomic mass is 16.5. The van der Waals surface area contributed by atoms with E-state index in [1.54, 1.807) is 0 Å². The molecule has 0 aromatic heterocycles. The lowest BCUT2D eigenvalue weighted by Gasteiger charge is -2.50. The van der Waals surface area contributed by atoms with Gasteiger partial charge in [0.15, 0.2) is 0 Å². The van der Waals surface area contributed by atoms with Crippen molar-refractivity contribution in [1.82, 2.24) is 0 Å². The fourth-order valence-electron chi connectivity index (χ4n) is 2.51. The molecule has 0 radical (unpaired) electrons. The molecule has 0 spiro atoms. The zero-order valence-electron chi connectivity index (χ0n) is 7.55. The van der Waals surface area contributed by atoms with Crippen LogP contribution in [0.25, 0.3) is 0 Å². The molecular weight excluding hydrogens is 136 g/mol. The third-order valence-corrected chi connectivity index (χ3v) is 3.03. The Hall–Kier alpha value is -0.0400. The maximum Gasteiger partial charge on any atom is 0.0632 e. The van der Waals surface area contributed by atoms with Gasteiger partial charge in [-0.15, -0.1) is 0 Å². The molecule has 3 fully saturated rings. The Morgan fingerprint density at radius 3 is 2.36 bits per heavy atom. The monoisotopic (exact) mass is 154 g/mol. The van der Waals surface area contributed by atoms with Gasteiger partial charge in [-0.1, -0.05) is 13.8 Å². The SMILES string of the molecule is CC(C)CC1C2CCCC1O2. The minimum atomic E-state index is 0.649. The fourth-order valence-corrected chi connectivity index (χ4v) is 2.51. The van der Waals surface area contributed by atoms with E-state index < -0.39 is 0 Å². The van der Waals surface area contributed by atoms with E-state index in [1.807, 2.05) is 0 Å². The van der Waals surface area contributed by atoms with Crippen LogP contribution in [0.1, 0.15) is 39.5 Å². The van der Waals surface area contributed by atoms with Gasteiger partial charge in [0.25, 0.3) is 0 Å². The van der Waals surface area contributed by atoms with Crippen LogP contribution in [-0.4, -0.2) is 12.2 Å². The Morgan fingerprint density at radius 1 is 1.27 bits per heavy atom. The molecule has 0 aromatic rings. The van der Waals surface area contributed by atoms with Gasteiger partial charge in [-0.3, -0.25) is 0 Å². The highest BCUT2D eigenvalue weighted by Crippen LogP contribution is 2.43. The molecule has 2 aliphatic heterocycles. The van der Waals surface area contributed by atoms with Crippen LogP contribution in [0.4, 0.5) is 0 Å². The van der Waals surface area contributed by atoms with Crippen LogP contribution in [0.2, 0.25) is 0 Å². The molecule has 1 nitrogen and oxygen atoms in total. The van der Waals surface area contributed by atoms with Crippen molar-refractivity contribution >= 4 is 0 Å². The zero-order chi connectivity index (χ0) is 7.84. The van der Waals surface area contributed by atoms with E-state index >= 15 is 0 Å². The second-order valence-corrected chi connectivity index (χ2v) is 4.44. The summed E-state index contributed by atoms with van der Waals surface area (Å²) < 4.78 is 5.69. The summed E-state index contributed by atoms with van der Waals surface area (Å²) in [4.78, 5) is 0. The molecule has 11 heavy (non-hydrogen) atoms. The molecule has 1 saturated carbocycles. The second kappa shape index (κ2) is 2.78. The third-order valence-electron chi connectivity index (χ3n) is 3.03. The van der Waals surface area contributed by atoms with Gasteiger partial charge in [0, 0.05) is 5.92 Å². The second-order valence-electron chi connectivity index (χ2n) is 4.44. The van der Waals surface area contributed by atoms with Gasteiger partial charge in [0.2, 0.25) is 0 Å². The molecular formula is C10H18O. The summed E-state index contributed by atoms with van der Waals surface area (Å²) in [6.45, 7) is 4.63. The van der Waals surface area contributed by atoms with E-state index in [2.05, 4.69) is 13.8 Å². The number of ether oxygens (including phenoxy) is 1. The van der Waals surface area contributed by atoms with Crippen LogP contribution in [0.3, 0.4) is 0 Å². The minimum Gasteiger partial charge on any atom is -0.374 e. The van der Waals surface area contributed by atoms with Gasteiger partial charge in [-0.2, -0.15) is 0 Å². The molecule has 2 heterocycles. The number of hydrogen-bond donors (Lipinski definition) is 0. The number of rotatable bonds is 2. The molecule has 3 rings (SSSR count). The van der Waals surface area contributed by atoms with Crippen molar-refractivity contribution in [2.75, 3.05) is 0 Å². The topological polar surface area (TPSA) is 9.23 Å². The highest BCUT2D eigenvalue weighted by molar-refractivity contribution is 4.92. The molecule has 1 aliphatic carbocycles. The maximum absolute atomic E-state index is 5.69. The van der Waals surface area contributed by atoms with E-state index in [0.717, 1.165) is 11.8 Å². The van der Waals surface area contributed by atoms with Gasteiger partial charge < -0.3 is 4.74 Å². The molecule has 2 saturated heterocycles. The van der Waals surface area contributed by atoms with E-state index in [-0.39, 0.29) is 0 Å². The summed E-state index contributed by atoms with van der Waals surface area (Å²) in [6.07, 6.45) is 6.74. The van der Waals surface area contributed by atoms with Crippen molar-refractivity contribution < 1.29 is 4.74 Å².